The van der Waals surface area contributed by atoms with Gasteiger partial charge in [0.2, 0.25) is 10.0 Å². The van der Waals surface area contributed by atoms with Crippen molar-refractivity contribution in [3.8, 4) is 0 Å². The summed E-state index contributed by atoms with van der Waals surface area (Å²) in [7, 11) is -3.26. The van der Waals surface area contributed by atoms with Crippen molar-refractivity contribution >= 4 is 16.0 Å². The molecule has 0 aliphatic carbocycles. The molecule has 3 N–H and O–H groups in total. The lowest BCUT2D eigenvalue weighted by Crippen LogP contribution is -2.47. The number of likely N-dealkylation sites (tertiary alicyclic amines) is 1. The predicted molar refractivity (Wildman–Crippen MR) is 80.2 cm³/mol. The van der Waals surface area contributed by atoms with E-state index < -0.39 is 15.6 Å². The van der Waals surface area contributed by atoms with E-state index in [2.05, 4.69) is 15.0 Å². The van der Waals surface area contributed by atoms with Crippen LogP contribution in [0.1, 0.15) is 27.2 Å². The Morgan fingerprint density at radius 3 is 2.60 bits per heavy atom. The Kier molecular flexibility index (Phi) is 5.79. The molecular weight excluding hydrogens is 280 g/mol. The number of hydrogen-bond donors (Lipinski definition) is 3. The van der Waals surface area contributed by atoms with E-state index in [9.17, 15) is 13.5 Å². The maximum Gasteiger partial charge on any atom is 0.209 e. The van der Waals surface area contributed by atoms with Gasteiger partial charge in [0.1, 0.15) is 0 Å². The molecule has 1 heterocycles. The summed E-state index contributed by atoms with van der Waals surface area (Å²) in [5, 5.41) is 12.7. The highest BCUT2D eigenvalue weighted by molar-refractivity contribution is 7.88. The number of aliphatic hydroxyl groups is 1. The molecule has 0 unspecified atom stereocenters. The highest BCUT2D eigenvalue weighted by Gasteiger charge is 2.25. The lowest BCUT2D eigenvalue weighted by molar-refractivity contribution is 0.187. The van der Waals surface area contributed by atoms with Crippen LogP contribution in [0.2, 0.25) is 0 Å². The van der Waals surface area contributed by atoms with Gasteiger partial charge in [-0.2, -0.15) is 0 Å². The Hall–Kier alpha value is -0.860. The molecule has 0 aromatic heterocycles. The van der Waals surface area contributed by atoms with E-state index in [0.29, 0.717) is 19.0 Å². The van der Waals surface area contributed by atoms with E-state index in [1.54, 1.807) is 13.8 Å². The number of aliphatic hydroxyl groups excluding tert-OH is 1. The van der Waals surface area contributed by atoms with Crippen molar-refractivity contribution in [3.63, 3.8) is 0 Å². The summed E-state index contributed by atoms with van der Waals surface area (Å²) in [6, 6.07) is 0. The number of guanidine groups is 1. The summed E-state index contributed by atoms with van der Waals surface area (Å²) in [5.41, 5.74) is -0.646. The molecule has 118 valence electrons. The Bertz CT molecular complexity index is 448. The monoisotopic (exact) mass is 306 g/mol. The molecule has 0 saturated carbocycles. The van der Waals surface area contributed by atoms with Crippen LogP contribution >= 0.6 is 0 Å². The van der Waals surface area contributed by atoms with Crippen LogP contribution in [0.15, 0.2) is 4.99 Å². The highest BCUT2D eigenvalue weighted by atomic mass is 32.2. The molecule has 1 atom stereocenters. The van der Waals surface area contributed by atoms with Crippen molar-refractivity contribution in [2.45, 2.75) is 38.8 Å². The summed E-state index contributed by atoms with van der Waals surface area (Å²) in [4.78, 5) is 6.47. The van der Waals surface area contributed by atoms with Crippen LogP contribution < -0.4 is 10.0 Å². The van der Waals surface area contributed by atoms with Crippen LogP contribution in [0, 0.1) is 0 Å². The van der Waals surface area contributed by atoms with Gasteiger partial charge in [0, 0.05) is 25.2 Å². The fourth-order valence-electron chi connectivity index (χ4n) is 2.17. The van der Waals surface area contributed by atoms with Crippen LogP contribution in [0.25, 0.3) is 0 Å². The van der Waals surface area contributed by atoms with E-state index in [4.69, 9.17) is 0 Å². The topological polar surface area (TPSA) is 94.0 Å². The smallest absolute Gasteiger partial charge is 0.209 e. The predicted octanol–water partition coefficient (Wildman–Crippen LogP) is -0.654. The van der Waals surface area contributed by atoms with Crippen LogP contribution in [0.3, 0.4) is 0 Å². The van der Waals surface area contributed by atoms with Crippen molar-refractivity contribution in [2.24, 2.45) is 4.99 Å². The molecule has 0 radical (unpaired) electrons. The summed E-state index contributed by atoms with van der Waals surface area (Å²) < 4.78 is 25.2. The second kappa shape index (κ2) is 6.73. The van der Waals surface area contributed by atoms with Crippen LogP contribution in [-0.2, 0) is 10.0 Å². The Balaban J connectivity index is 2.71. The molecule has 1 rings (SSSR count). The molecule has 0 amide bonds. The molecule has 1 saturated heterocycles. The van der Waals surface area contributed by atoms with Gasteiger partial charge in [-0.05, 0) is 27.2 Å². The second-order valence-corrected chi connectivity index (χ2v) is 7.57. The summed E-state index contributed by atoms with van der Waals surface area (Å²) in [6.07, 6.45) is 1.55. The van der Waals surface area contributed by atoms with E-state index in [-0.39, 0.29) is 6.10 Å². The third-order valence-corrected chi connectivity index (χ3v) is 3.81. The Morgan fingerprint density at radius 2 is 2.15 bits per heavy atom. The number of nitrogens with one attached hydrogen (secondary N) is 2. The Labute approximate surface area is 121 Å². The van der Waals surface area contributed by atoms with Crippen LogP contribution in [-0.4, -0.2) is 68.5 Å². The lowest BCUT2D eigenvalue weighted by atomic mass is 10.1. The SMILES string of the molecule is CCNC(=NCC(C)(C)NS(C)(=O)=O)N1CC[C@@H](O)C1. The first-order valence-electron chi connectivity index (χ1n) is 6.83. The highest BCUT2D eigenvalue weighted by Crippen LogP contribution is 2.10. The van der Waals surface area contributed by atoms with Gasteiger partial charge >= 0.3 is 0 Å². The molecule has 8 heteroatoms. The maximum atomic E-state index is 11.3. The van der Waals surface area contributed by atoms with Gasteiger partial charge in [-0.3, -0.25) is 4.99 Å². The molecular formula is C12H26N4O3S. The van der Waals surface area contributed by atoms with E-state index in [0.717, 1.165) is 25.8 Å². The standard InChI is InChI=1S/C12H26N4O3S/c1-5-13-11(16-7-6-10(17)8-16)14-9-12(2,3)15-20(4,18)19/h10,15,17H,5-9H2,1-4H3,(H,13,14)/t10-/m1/s1. The van der Waals surface area contributed by atoms with Gasteiger partial charge in [-0.1, -0.05) is 0 Å². The van der Waals surface area contributed by atoms with Crippen LogP contribution in [0.5, 0.6) is 0 Å². The molecule has 20 heavy (non-hydrogen) atoms. The summed E-state index contributed by atoms with van der Waals surface area (Å²) in [5.74, 6) is 0.715. The van der Waals surface area contributed by atoms with Gasteiger partial charge in [-0.15, -0.1) is 0 Å². The average molecular weight is 306 g/mol. The normalized spacial score (nSPS) is 21.4. The number of rotatable bonds is 5. The number of aliphatic imine (C=N–C) groups is 1. The van der Waals surface area contributed by atoms with Crippen molar-refractivity contribution in [3.05, 3.63) is 0 Å². The zero-order valence-electron chi connectivity index (χ0n) is 12.7. The van der Waals surface area contributed by atoms with Gasteiger partial charge < -0.3 is 15.3 Å². The molecule has 0 spiro atoms. The lowest BCUT2D eigenvalue weighted by Gasteiger charge is -2.26. The number of sulfonamides is 1. The third-order valence-electron chi connectivity index (χ3n) is 2.88. The molecule has 1 fully saturated rings. The number of hydrogen-bond acceptors (Lipinski definition) is 4. The first kappa shape index (κ1) is 17.2. The van der Waals surface area contributed by atoms with Crippen molar-refractivity contribution in [2.75, 3.05) is 32.4 Å². The van der Waals surface area contributed by atoms with E-state index in [1.807, 2.05) is 11.8 Å². The van der Waals surface area contributed by atoms with Crippen LogP contribution in [0.4, 0.5) is 0 Å². The largest absolute Gasteiger partial charge is 0.391 e. The molecule has 1 aliphatic heterocycles. The van der Waals surface area contributed by atoms with Gasteiger partial charge in [0.05, 0.1) is 18.9 Å². The van der Waals surface area contributed by atoms with E-state index >= 15 is 0 Å². The summed E-state index contributed by atoms with van der Waals surface area (Å²) >= 11 is 0. The Morgan fingerprint density at radius 1 is 1.50 bits per heavy atom. The quantitative estimate of drug-likeness (QED) is 0.463. The first-order chi connectivity index (χ1) is 9.13. The van der Waals surface area contributed by atoms with Gasteiger partial charge in [0.15, 0.2) is 5.96 Å². The van der Waals surface area contributed by atoms with Crippen molar-refractivity contribution in [1.29, 1.82) is 0 Å². The zero-order valence-corrected chi connectivity index (χ0v) is 13.5. The molecule has 1 aliphatic rings. The first-order valence-corrected chi connectivity index (χ1v) is 8.72. The fraction of sp³-hybridized carbons (Fsp3) is 0.917. The minimum Gasteiger partial charge on any atom is -0.391 e. The van der Waals surface area contributed by atoms with Crippen molar-refractivity contribution < 1.29 is 13.5 Å². The molecule has 0 bridgehead atoms. The van der Waals surface area contributed by atoms with Crippen molar-refractivity contribution in [1.82, 2.24) is 14.9 Å². The van der Waals surface area contributed by atoms with Gasteiger partial charge in [0.25, 0.3) is 0 Å². The average Bonchev–Trinajstić information content (AvgIpc) is 2.67. The van der Waals surface area contributed by atoms with Gasteiger partial charge in [-0.25, -0.2) is 13.1 Å². The zero-order chi connectivity index (χ0) is 15.4. The number of nitrogens with zero attached hydrogens (tertiary/aromatic N) is 2. The molecule has 7 nitrogen and oxygen atoms in total. The molecule has 0 aromatic carbocycles. The third kappa shape index (κ3) is 6.06. The number of β-amino-alcohol motifs (C(OH)–C–C–N with tert-alkyl or cyclic N) is 1. The molecule has 0 aromatic rings. The summed E-state index contributed by atoms with van der Waals surface area (Å²) in [6.45, 7) is 7.93. The second-order valence-electron chi connectivity index (χ2n) is 5.82. The minimum atomic E-state index is -3.26. The maximum absolute atomic E-state index is 11.3. The fourth-order valence-corrected chi connectivity index (χ4v) is 3.24. The van der Waals surface area contributed by atoms with E-state index in [1.165, 1.54) is 0 Å². The minimum absolute atomic E-state index is 0.319.